The molecule has 2 aromatic heterocycles. The van der Waals surface area contributed by atoms with E-state index in [-0.39, 0.29) is 6.04 Å². The van der Waals surface area contributed by atoms with Gasteiger partial charge in [0.15, 0.2) is 4.67 Å². The molecule has 2 aromatic rings. The molecule has 0 saturated heterocycles. The third-order valence-electron chi connectivity index (χ3n) is 2.57. The van der Waals surface area contributed by atoms with E-state index in [4.69, 9.17) is 4.42 Å². The average Bonchev–Trinajstić information content (AvgIpc) is 2.95. The van der Waals surface area contributed by atoms with Crippen LogP contribution < -0.4 is 5.32 Å². The molecule has 5 heteroatoms. The standard InChI is InChI=1S/C12H14BrNO2S/c1-8(11-2-3-12(13)16-11)14-6-10(15)9-4-5-17-7-9/h2-5,7-8,10,14-15H,6H2,1H3. The van der Waals surface area contributed by atoms with Crippen LogP contribution in [0.4, 0.5) is 0 Å². The molecule has 3 nitrogen and oxygen atoms in total. The van der Waals surface area contributed by atoms with Crippen LogP contribution in [-0.4, -0.2) is 11.7 Å². The zero-order chi connectivity index (χ0) is 12.3. The number of hydrogen-bond acceptors (Lipinski definition) is 4. The summed E-state index contributed by atoms with van der Waals surface area (Å²) < 4.78 is 6.16. The van der Waals surface area contributed by atoms with Gasteiger partial charge in [0.25, 0.3) is 0 Å². The Morgan fingerprint density at radius 3 is 2.88 bits per heavy atom. The molecule has 2 atom stereocenters. The van der Waals surface area contributed by atoms with Gasteiger partial charge in [-0.2, -0.15) is 11.3 Å². The minimum absolute atomic E-state index is 0.0783. The predicted molar refractivity (Wildman–Crippen MR) is 72.1 cm³/mol. The van der Waals surface area contributed by atoms with Crippen molar-refractivity contribution in [3.8, 4) is 0 Å². The van der Waals surface area contributed by atoms with Gasteiger partial charge in [-0.15, -0.1) is 0 Å². The van der Waals surface area contributed by atoms with E-state index >= 15 is 0 Å². The number of nitrogens with one attached hydrogen (secondary N) is 1. The van der Waals surface area contributed by atoms with Gasteiger partial charge in [-0.1, -0.05) is 0 Å². The summed E-state index contributed by atoms with van der Waals surface area (Å²) in [4.78, 5) is 0. The van der Waals surface area contributed by atoms with E-state index in [0.717, 1.165) is 16.0 Å². The molecule has 0 radical (unpaired) electrons. The van der Waals surface area contributed by atoms with Crippen LogP contribution in [-0.2, 0) is 0 Å². The molecule has 0 aliphatic carbocycles. The zero-order valence-corrected chi connectivity index (χ0v) is 11.8. The Morgan fingerprint density at radius 2 is 2.29 bits per heavy atom. The first kappa shape index (κ1) is 12.8. The summed E-state index contributed by atoms with van der Waals surface area (Å²) in [5.74, 6) is 0.856. The molecule has 17 heavy (non-hydrogen) atoms. The Morgan fingerprint density at radius 1 is 1.47 bits per heavy atom. The molecule has 92 valence electrons. The van der Waals surface area contributed by atoms with Gasteiger partial charge in [0.05, 0.1) is 12.1 Å². The first-order chi connectivity index (χ1) is 8.16. The van der Waals surface area contributed by atoms with Crippen LogP contribution in [0.2, 0.25) is 0 Å². The lowest BCUT2D eigenvalue weighted by atomic mass is 10.2. The summed E-state index contributed by atoms with van der Waals surface area (Å²) in [6.07, 6.45) is -0.470. The van der Waals surface area contributed by atoms with Crippen molar-refractivity contribution in [2.24, 2.45) is 0 Å². The molecule has 2 unspecified atom stereocenters. The van der Waals surface area contributed by atoms with Crippen LogP contribution in [0.1, 0.15) is 30.4 Å². The molecule has 0 fully saturated rings. The lowest BCUT2D eigenvalue weighted by Gasteiger charge is -2.14. The van der Waals surface area contributed by atoms with Crippen molar-refractivity contribution in [1.29, 1.82) is 0 Å². The fourth-order valence-corrected chi connectivity index (χ4v) is 2.56. The highest BCUT2D eigenvalue weighted by atomic mass is 79.9. The molecular weight excluding hydrogens is 302 g/mol. The molecular formula is C12H14BrNO2S. The van der Waals surface area contributed by atoms with Crippen molar-refractivity contribution in [3.05, 3.63) is 45.0 Å². The second kappa shape index (κ2) is 5.82. The molecule has 0 aliphatic rings. The van der Waals surface area contributed by atoms with Crippen molar-refractivity contribution >= 4 is 27.3 Å². The van der Waals surface area contributed by atoms with Crippen molar-refractivity contribution in [2.75, 3.05) is 6.54 Å². The molecule has 0 saturated carbocycles. The van der Waals surface area contributed by atoms with E-state index in [1.807, 2.05) is 35.9 Å². The van der Waals surface area contributed by atoms with Gasteiger partial charge in [-0.25, -0.2) is 0 Å². The second-order valence-corrected chi connectivity index (χ2v) is 5.41. The number of hydrogen-bond donors (Lipinski definition) is 2. The number of halogens is 1. The summed E-state index contributed by atoms with van der Waals surface area (Å²) >= 11 is 4.86. The number of thiophene rings is 1. The SMILES string of the molecule is CC(NCC(O)c1ccsc1)c1ccc(Br)o1. The summed E-state index contributed by atoms with van der Waals surface area (Å²) in [6, 6.07) is 5.79. The molecule has 0 amide bonds. The Kier molecular flexibility index (Phi) is 4.39. The lowest BCUT2D eigenvalue weighted by Crippen LogP contribution is -2.24. The molecule has 2 rings (SSSR count). The largest absolute Gasteiger partial charge is 0.453 e. The van der Waals surface area contributed by atoms with Crippen molar-refractivity contribution in [1.82, 2.24) is 5.32 Å². The fraction of sp³-hybridized carbons (Fsp3) is 0.333. The van der Waals surface area contributed by atoms with E-state index in [2.05, 4.69) is 21.2 Å². The van der Waals surface area contributed by atoms with Crippen LogP contribution in [0.5, 0.6) is 0 Å². The molecule has 2 heterocycles. The normalized spacial score (nSPS) is 14.8. The van der Waals surface area contributed by atoms with Crippen LogP contribution in [0.15, 0.2) is 38.0 Å². The predicted octanol–water partition coefficient (Wildman–Crippen LogP) is 3.49. The third kappa shape index (κ3) is 3.42. The summed E-state index contributed by atoms with van der Waals surface area (Å²) in [6.45, 7) is 2.52. The maximum absolute atomic E-state index is 9.91. The third-order valence-corrected chi connectivity index (χ3v) is 3.69. The van der Waals surface area contributed by atoms with Gasteiger partial charge in [0.1, 0.15) is 5.76 Å². The molecule has 0 bridgehead atoms. The number of aliphatic hydroxyl groups is 1. The van der Waals surface area contributed by atoms with E-state index in [0.29, 0.717) is 6.54 Å². The van der Waals surface area contributed by atoms with Crippen molar-refractivity contribution in [2.45, 2.75) is 19.1 Å². The second-order valence-electron chi connectivity index (χ2n) is 3.84. The minimum atomic E-state index is -0.470. The molecule has 2 N–H and O–H groups in total. The lowest BCUT2D eigenvalue weighted by molar-refractivity contribution is 0.169. The van der Waals surface area contributed by atoms with Gasteiger partial charge < -0.3 is 14.8 Å². The highest BCUT2D eigenvalue weighted by Crippen LogP contribution is 2.21. The van der Waals surface area contributed by atoms with Crippen LogP contribution in [0.25, 0.3) is 0 Å². The molecule has 0 aromatic carbocycles. The van der Waals surface area contributed by atoms with Gasteiger partial charge in [0, 0.05) is 6.54 Å². The summed E-state index contributed by atoms with van der Waals surface area (Å²) in [7, 11) is 0. The monoisotopic (exact) mass is 315 g/mol. The Labute approximate surface area is 113 Å². The van der Waals surface area contributed by atoms with Gasteiger partial charge in [-0.05, 0) is 57.4 Å². The van der Waals surface area contributed by atoms with E-state index in [1.54, 1.807) is 11.3 Å². The van der Waals surface area contributed by atoms with E-state index < -0.39 is 6.10 Å². The van der Waals surface area contributed by atoms with Crippen LogP contribution >= 0.6 is 27.3 Å². The average molecular weight is 316 g/mol. The maximum Gasteiger partial charge on any atom is 0.169 e. The van der Waals surface area contributed by atoms with E-state index in [1.165, 1.54) is 0 Å². The molecule has 0 spiro atoms. The maximum atomic E-state index is 9.91. The van der Waals surface area contributed by atoms with E-state index in [9.17, 15) is 5.11 Å². The van der Waals surface area contributed by atoms with Crippen molar-refractivity contribution in [3.63, 3.8) is 0 Å². The van der Waals surface area contributed by atoms with Gasteiger partial charge in [-0.3, -0.25) is 0 Å². The van der Waals surface area contributed by atoms with Gasteiger partial charge >= 0.3 is 0 Å². The first-order valence-electron chi connectivity index (χ1n) is 5.35. The van der Waals surface area contributed by atoms with Crippen LogP contribution in [0.3, 0.4) is 0 Å². The minimum Gasteiger partial charge on any atom is -0.453 e. The highest BCUT2D eigenvalue weighted by molar-refractivity contribution is 9.10. The first-order valence-corrected chi connectivity index (χ1v) is 7.09. The van der Waals surface area contributed by atoms with Crippen molar-refractivity contribution < 1.29 is 9.52 Å². The Bertz CT molecular complexity index is 455. The number of furan rings is 1. The number of rotatable bonds is 5. The zero-order valence-electron chi connectivity index (χ0n) is 9.39. The topological polar surface area (TPSA) is 45.4 Å². The highest BCUT2D eigenvalue weighted by Gasteiger charge is 2.13. The smallest absolute Gasteiger partial charge is 0.169 e. The Balaban J connectivity index is 1.86. The fourth-order valence-electron chi connectivity index (χ4n) is 1.53. The Hall–Kier alpha value is -0.620. The summed E-state index contributed by atoms with van der Waals surface area (Å²) in [5, 5.41) is 17.1. The molecule has 0 aliphatic heterocycles. The van der Waals surface area contributed by atoms with Gasteiger partial charge in [0.2, 0.25) is 0 Å². The number of aliphatic hydroxyl groups excluding tert-OH is 1. The van der Waals surface area contributed by atoms with Crippen LogP contribution in [0, 0.1) is 0 Å². The quantitative estimate of drug-likeness (QED) is 0.887. The summed E-state index contributed by atoms with van der Waals surface area (Å²) in [5.41, 5.74) is 0.954.